The normalized spacial score (nSPS) is 26.3. The third kappa shape index (κ3) is 3.18. The third-order valence-electron chi connectivity index (χ3n) is 3.65. The Morgan fingerprint density at radius 1 is 1.44 bits per heavy atom. The number of aliphatic hydroxyl groups is 2. The minimum atomic E-state index is -0.339. The van der Waals surface area contributed by atoms with E-state index in [-0.39, 0.29) is 24.4 Å². The summed E-state index contributed by atoms with van der Waals surface area (Å²) in [5, 5.41) is 18.4. The number of carbonyl (C=O) groups excluding carboxylic acids is 1. The van der Waals surface area contributed by atoms with Crippen LogP contribution in [0.5, 0.6) is 0 Å². The van der Waals surface area contributed by atoms with Gasteiger partial charge in [0.1, 0.15) is 0 Å². The van der Waals surface area contributed by atoms with Crippen LogP contribution in [0.25, 0.3) is 0 Å². The summed E-state index contributed by atoms with van der Waals surface area (Å²) in [4.78, 5) is 11.8. The molecule has 0 radical (unpaired) electrons. The van der Waals surface area contributed by atoms with Crippen molar-refractivity contribution in [2.24, 2.45) is 5.41 Å². The van der Waals surface area contributed by atoms with Crippen LogP contribution in [-0.4, -0.2) is 29.2 Å². The highest BCUT2D eigenvalue weighted by atomic mass is 16.3. The lowest BCUT2D eigenvalue weighted by atomic mass is 9.71. The van der Waals surface area contributed by atoms with Gasteiger partial charge < -0.3 is 10.2 Å². The smallest absolute Gasteiger partial charge is 0.158 e. The summed E-state index contributed by atoms with van der Waals surface area (Å²) in [7, 11) is 0. The highest BCUT2D eigenvalue weighted by molar-refractivity contribution is 5.97. The zero-order valence-electron chi connectivity index (χ0n) is 11.4. The molecule has 3 nitrogen and oxygen atoms in total. The molecule has 0 saturated carbocycles. The highest BCUT2D eigenvalue weighted by Crippen LogP contribution is 2.39. The molecule has 1 atom stereocenters. The summed E-state index contributed by atoms with van der Waals surface area (Å²) in [6.45, 7) is 5.74. The summed E-state index contributed by atoms with van der Waals surface area (Å²) in [6.07, 6.45) is 6.66. The fourth-order valence-corrected chi connectivity index (χ4v) is 2.23. The average molecular weight is 250 g/mol. The van der Waals surface area contributed by atoms with Crippen molar-refractivity contribution >= 4 is 5.78 Å². The van der Waals surface area contributed by atoms with E-state index in [1.807, 2.05) is 32.9 Å². The molecule has 0 aromatic heterocycles. The van der Waals surface area contributed by atoms with E-state index in [0.717, 1.165) is 16.7 Å². The van der Waals surface area contributed by atoms with Crippen molar-refractivity contribution in [3.63, 3.8) is 0 Å². The Hall–Kier alpha value is -1.19. The molecule has 0 saturated heterocycles. The molecule has 0 aromatic rings. The van der Waals surface area contributed by atoms with Gasteiger partial charge in [-0.05, 0) is 31.4 Å². The van der Waals surface area contributed by atoms with Crippen LogP contribution in [0.4, 0.5) is 0 Å². The Bertz CT molecular complexity index is 415. The van der Waals surface area contributed by atoms with Crippen LogP contribution in [0.2, 0.25) is 0 Å². The quantitative estimate of drug-likeness (QED) is 0.752. The Morgan fingerprint density at radius 3 is 2.67 bits per heavy atom. The molecule has 2 N–H and O–H groups in total. The van der Waals surface area contributed by atoms with Crippen molar-refractivity contribution in [2.45, 2.75) is 33.6 Å². The first kappa shape index (κ1) is 14.9. The van der Waals surface area contributed by atoms with Gasteiger partial charge in [-0.2, -0.15) is 0 Å². The van der Waals surface area contributed by atoms with E-state index in [9.17, 15) is 9.90 Å². The lowest BCUT2D eigenvalue weighted by molar-refractivity contribution is -0.116. The standard InChI is InChI=1S/C15H22O3/c1-11(7-9-16)4-5-13-12(2)14(18)6-8-15(13,3)10-17/h4-5,7,16-17H,6,8-10H2,1-3H3/t15-/m0/s1. The molecule has 0 unspecified atom stereocenters. The van der Waals surface area contributed by atoms with Gasteiger partial charge in [0.15, 0.2) is 5.78 Å². The number of rotatable bonds is 4. The second-order valence-electron chi connectivity index (χ2n) is 5.14. The van der Waals surface area contributed by atoms with Crippen LogP contribution in [0.1, 0.15) is 33.6 Å². The van der Waals surface area contributed by atoms with Crippen LogP contribution < -0.4 is 0 Å². The van der Waals surface area contributed by atoms with Crippen molar-refractivity contribution in [2.75, 3.05) is 13.2 Å². The monoisotopic (exact) mass is 250 g/mol. The molecule has 100 valence electrons. The first-order valence-electron chi connectivity index (χ1n) is 6.25. The predicted molar refractivity (Wildman–Crippen MR) is 72.1 cm³/mol. The van der Waals surface area contributed by atoms with Gasteiger partial charge in [0, 0.05) is 11.8 Å². The SMILES string of the molecule is CC(C=CC1=C(C)C(=O)CC[C@@]1(C)CO)=CCO. The third-order valence-corrected chi connectivity index (χ3v) is 3.65. The maximum Gasteiger partial charge on any atom is 0.158 e. The highest BCUT2D eigenvalue weighted by Gasteiger charge is 2.34. The minimum absolute atomic E-state index is 0.00437. The summed E-state index contributed by atoms with van der Waals surface area (Å²) in [5.41, 5.74) is 2.25. The van der Waals surface area contributed by atoms with Crippen molar-refractivity contribution in [3.8, 4) is 0 Å². The first-order chi connectivity index (χ1) is 8.44. The van der Waals surface area contributed by atoms with E-state index in [2.05, 4.69) is 0 Å². The van der Waals surface area contributed by atoms with Gasteiger partial charge in [0.2, 0.25) is 0 Å². The molecule has 1 rings (SSSR count). The Balaban J connectivity index is 3.10. The molecule has 0 heterocycles. The number of hydrogen-bond acceptors (Lipinski definition) is 3. The molecule has 0 aliphatic heterocycles. The van der Waals surface area contributed by atoms with Crippen molar-refractivity contribution in [3.05, 3.63) is 34.9 Å². The molecule has 0 bridgehead atoms. The zero-order chi connectivity index (χ0) is 13.8. The van der Waals surface area contributed by atoms with Crippen LogP contribution in [0.15, 0.2) is 34.9 Å². The molecule has 0 spiro atoms. The molecule has 0 amide bonds. The van der Waals surface area contributed by atoms with Crippen LogP contribution >= 0.6 is 0 Å². The molecular formula is C15H22O3. The summed E-state index contributed by atoms with van der Waals surface area (Å²) in [5.74, 6) is 0.157. The number of hydrogen-bond donors (Lipinski definition) is 2. The number of carbonyl (C=O) groups is 1. The number of aliphatic hydroxyl groups excluding tert-OH is 2. The summed E-state index contributed by atoms with van der Waals surface area (Å²) >= 11 is 0. The maximum absolute atomic E-state index is 11.8. The molecule has 1 aliphatic carbocycles. The van der Waals surface area contributed by atoms with Gasteiger partial charge in [-0.3, -0.25) is 4.79 Å². The van der Waals surface area contributed by atoms with Crippen LogP contribution in [0.3, 0.4) is 0 Å². The Morgan fingerprint density at radius 2 is 2.11 bits per heavy atom. The lowest BCUT2D eigenvalue weighted by Gasteiger charge is -2.34. The number of ketones is 1. The topological polar surface area (TPSA) is 57.5 Å². The molecule has 18 heavy (non-hydrogen) atoms. The van der Waals surface area contributed by atoms with E-state index in [0.29, 0.717) is 12.8 Å². The fourth-order valence-electron chi connectivity index (χ4n) is 2.23. The minimum Gasteiger partial charge on any atom is -0.395 e. The van der Waals surface area contributed by atoms with E-state index < -0.39 is 0 Å². The number of allylic oxidation sites excluding steroid dienone is 4. The molecular weight excluding hydrogens is 228 g/mol. The average Bonchev–Trinajstić information content (AvgIpc) is 2.34. The molecule has 3 heteroatoms. The van der Waals surface area contributed by atoms with Crippen molar-refractivity contribution in [1.82, 2.24) is 0 Å². The Kier molecular flexibility index (Phi) is 5.05. The van der Waals surface area contributed by atoms with Gasteiger partial charge in [-0.15, -0.1) is 0 Å². The van der Waals surface area contributed by atoms with E-state index in [1.54, 1.807) is 6.08 Å². The second-order valence-corrected chi connectivity index (χ2v) is 5.14. The van der Waals surface area contributed by atoms with Gasteiger partial charge in [-0.1, -0.05) is 30.7 Å². The molecule has 1 aliphatic rings. The van der Waals surface area contributed by atoms with Crippen molar-refractivity contribution in [1.29, 1.82) is 0 Å². The number of Topliss-reactive ketones (excluding diaryl/α,β-unsaturated/α-hetero) is 1. The van der Waals surface area contributed by atoms with Crippen LogP contribution in [-0.2, 0) is 4.79 Å². The Labute approximate surface area is 109 Å². The second kappa shape index (κ2) is 6.12. The maximum atomic E-state index is 11.8. The zero-order valence-corrected chi connectivity index (χ0v) is 11.4. The van der Waals surface area contributed by atoms with Crippen LogP contribution in [0, 0.1) is 5.41 Å². The molecule has 0 fully saturated rings. The van der Waals surface area contributed by atoms with Gasteiger partial charge in [0.25, 0.3) is 0 Å². The lowest BCUT2D eigenvalue weighted by Crippen LogP contribution is -2.30. The fraction of sp³-hybridized carbons (Fsp3) is 0.533. The largest absolute Gasteiger partial charge is 0.395 e. The first-order valence-corrected chi connectivity index (χ1v) is 6.25. The van der Waals surface area contributed by atoms with Gasteiger partial charge >= 0.3 is 0 Å². The van der Waals surface area contributed by atoms with E-state index in [1.165, 1.54) is 0 Å². The summed E-state index contributed by atoms with van der Waals surface area (Å²) < 4.78 is 0. The van der Waals surface area contributed by atoms with Gasteiger partial charge in [-0.25, -0.2) is 0 Å². The van der Waals surface area contributed by atoms with Gasteiger partial charge in [0.05, 0.1) is 13.2 Å². The van der Waals surface area contributed by atoms with Crippen molar-refractivity contribution < 1.29 is 15.0 Å². The van der Waals surface area contributed by atoms with E-state index >= 15 is 0 Å². The molecule has 0 aromatic carbocycles. The van der Waals surface area contributed by atoms with E-state index in [4.69, 9.17) is 5.11 Å². The summed E-state index contributed by atoms with van der Waals surface area (Å²) in [6, 6.07) is 0. The predicted octanol–water partition coefficient (Wildman–Crippen LogP) is 2.16.